The number of benzene rings is 3. The number of hydrogen-bond acceptors (Lipinski definition) is 3. The van der Waals surface area contributed by atoms with E-state index in [1.54, 1.807) is 24.4 Å². The van der Waals surface area contributed by atoms with E-state index in [9.17, 15) is 9.18 Å². The number of pyridine rings is 1. The quantitative estimate of drug-likeness (QED) is 0.357. The second-order valence-electron chi connectivity index (χ2n) is 8.87. The first-order valence-corrected chi connectivity index (χ1v) is 11.0. The minimum absolute atomic E-state index is 0.228. The van der Waals surface area contributed by atoms with E-state index in [0.717, 1.165) is 21.2 Å². The summed E-state index contributed by atoms with van der Waals surface area (Å²) in [6.07, 6.45) is 1.63. The highest BCUT2D eigenvalue weighted by Gasteiger charge is 2.12. The molecule has 3 aromatic carbocycles. The van der Waals surface area contributed by atoms with Crippen molar-refractivity contribution in [3.05, 3.63) is 108 Å². The van der Waals surface area contributed by atoms with E-state index in [2.05, 4.69) is 43.6 Å². The van der Waals surface area contributed by atoms with Gasteiger partial charge in [0.05, 0.1) is 21.1 Å². The van der Waals surface area contributed by atoms with Gasteiger partial charge in [0.2, 0.25) is 0 Å². The molecule has 0 unspecified atom stereocenters. The fraction of sp³-hybridized carbons (Fsp3) is 0.143. The molecular formula is C28H27FN3O2+. The van der Waals surface area contributed by atoms with Gasteiger partial charge in [0, 0.05) is 12.7 Å². The third-order valence-electron chi connectivity index (χ3n) is 5.39. The first-order valence-electron chi connectivity index (χ1n) is 11.0. The fourth-order valence-corrected chi connectivity index (χ4v) is 3.42. The second kappa shape index (κ2) is 9.85. The van der Waals surface area contributed by atoms with Crippen molar-refractivity contribution in [2.45, 2.75) is 6.54 Å². The van der Waals surface area contributed by atoms with E-state index in [4.69, 9.17) is 4.74 Å². The van der Waals surface area contributed by atoms with Crippen molar-refractivity contribution in [1.29, 1.82) is 0 Å². The maximum Gasteiger partial charge on any atom is 0.270 e. The highest BCUT2D eigenvalue weighted by Crippen LogP contribution is 2.26. The summed E-state index contributed by atoms with van der Waals surface area (Å²) < 4.78 is 19.5. The molecule has 0 saturated carbocycles. The van der Waals surface area contributed by atoms with Crippen LogP contribution in [0.25, 0.3) is 11.1 Å². The molecule has 5 nitrogen and oxygen atoms in total. The summed E-state index contributed by atoms with van der Waals surface area (Å²) in [5.41, 5.74) is 4.38. The van der Waals surface area contributed by atoms with Crippen LogP contribution in [0.3, 0.4) is 0 Å². The molecule has 0 aliphatic carbocycles. The lowest BCUT2D eigenvalue weighted by molar-refractivity contribution is 0.0946. The largest absolute Gasteiger partial charge is 0.457 e. The van der Waals surface area contributed by atoms with Crippen LogP contribution in [0.2, 0.25) is 0 Å². The Hall–Kier alpha value is -4.03. The van der Waals surface area contributed by atoms with Crippen LogP contribution < -0.4 is 14.5 Å². The summed E-state index contributed by atoms with van der Waals surface area (Å²) in [5, 5.41) is 2.94. The van der Waals surface area contributed by atoms with E-state index < -0.39 is 0 Å². The molecule has 0 atom stereocenters. The third kappa shape index (κ3) is 5.85. The summed E-state index contributed by atoms with van der Waals surface area (Å²) >= 11 is 0. The monoisotopic (exact) mass is 456 g/mol. The molecule has 6 heteroatoms. The van der Waals surface area contributed by atoms with E-state index in [0.29, 0.717) is 23.7 Å². The van der Waals surface area contributed by atoms with Crippen molar-refractivity contribution in [3.8, 4) is 22.6 Å². The molecule has 172 valence electrons. The van der Waals surface area contributed by atoms with Gasteiger partial charge >= 0.3 is 0 Å². The molecule has 0 fully saturated rings. The number of hydrogen-bond donors (Lipinski definition) is 1. The van der Waals surface area contributed by atoms with Crippen molar-refractivity contribution >= 4 is 11.6 Å². The number of carbonyl (C=O) groups excluding carboxylic acids is 1. The van der Waals surface area contributed by atoms with Gasteiger partial charge in [0.15, 0.2) is 0 Å². The Morgan fingerprint density at radius 2 is 1.47 bits per heavy atom. The fourth-order valence-electron chi connectivity index (χ4n) is 3.42. The lowest BCUT2D eigenvalue weighted by Gasteiger charge is -2.23. The lowest BCUT2D eigenvalue weighted by atomic mass is 10.1. The first kappa shape index (κ1) is 23.1. The zero-order valence-electron chi connectivity index (χ0n) is 19.5. The van der Waals surface area contributed by atoms with Crippen molar-refractivity contribution in [1.82, 2.24) is 14.8 Å². The van der Waals surface area contributed by atoms with Crippen LogP contribution >= 0.6 is 0 Å². The van der Waals surface area contributed by atoms with Crippen LogP contribution in [-0.2, 0) is 6.54 Å². The minimum Gasteiger partial charge on any atom is -0.457 e. The van der Waals surface area contributed by atoms with E-state index in [-0.39, 0.29) is 11.7 Å². The smallest absolute Gasteiger partial charge is 0.270 e. The molecule has 0 aliphatic rings. The molecule has 1 amide bonds. The number of nitrogens with zero attached hydrogens (tertiary/aromatic N) is 2. The molecule has 1 heterocycles. The number of rotatable bonds is 7. The zero-order chi connectivity index (χ0) is 24.1. The van der Waals surface area contributed by atoms with Gasteiger partial charge in [-0.15, -0.1) is 0 Å². The van der Waals surface area contributed by atoms with Gasteiger partial charge in [0.25, 0.3) is 5.91 Å². The predicted molar refractivity (Wildman–Crippen MR) is 133 cm³/mol. The number of ether oxygens (including phenoxy) is 1. The maximum atomic E-state index is 13.1. The average molecular weight is 457 g/mol. The van der Waals surface area contributed by atoms with Crippen molar-refractivity contribution in [2.75, 3.05) is 21.1 Å². The van der Waals surface area contributed by atoms with Crippen molar-refractivity contribution in [3.63, 3.8) is 0 Å². The number of quaternary nitrogens is 1. The number of carbonyl (C=O) groups is 1. The first-order chi connectivity index (χ1) is 16.3. The van der Waals surface area contributed by atoms with Crippen LogP contribution in [-0.4, -0.2) is 32.0 Å². The Kier molecular flexibility index (Phi) is 6.70. The number of nitrogens with one attached hydrogen (secondary N) is 1. The molecule has 0 aliphatic heterocycles. The van der Waals surface area contributed by atoms with Gasteiger partial charge in [-0.25, -0.2) is 4.39 Å². The highest BCUT2D eigenvalue weighted by atomic mass is 19.1. The molecule has 0 saturated heterocycles. The number of aromatic nitrogens is 1. The predicted octanol–water partition coefficient (Wildman–Crippen LogP) is 5.81. The number of amides is 1. The Morgan fingerprint density at radius 1 is 0.853 bits per heavy atom. The normalized spacial score (nSPS) is 11.2. The molecule has 0 radical (unpaired) electrons. The Morgan fingerprint density at radius 3 is 2.09 bits per heavy atom. The van der Waals surface area contributed by atoms with Crippen LogP contribution in [0.5, 0.6) is 11.5 Å². The van der Waals surface area contributed by atoms with Crippen molar-refractivity contribution < 1.29 is 13.9 Å². The minimum atomic E-state index is -0.307. The van der Waals surface area contributed by atoms with Crippen LogP contribution in [0.1, 0.15) is 16.1 Å². The van der Waals surface area contributed by atoms with Crippen LogP contribution in [0, 0.1) is 5.82 Å². The molecule has 4 aromatic rings. The van der Waals surface area contributed by atoms with Gasteiger partial charge in [-0.05, 0) is 77.4 Å². The summed E-state index contributed by atoms with van der Waals surface area (Å²) in [6.45, 7) is 0.428. The SMILES string of the molecule is C[N+](C)(C)c1ccc(CNC(=O)c2cc(-c3ccc(Oc4ccc(F)cc4)cc3)ccn2)cc1. The van der Waals surface area contributed by atoms with Gasteiger partial charge in [-0.2, -0.15) is 0 Å². The molecule has 1 N–H and O–H groups in total. The maximum absolute atomic E-state index is 13.1. The van der Waals surface area contributed by atoms with E-state index in [1.807, 2.05) is 42.5 Å². The van der Waals surface area contributed by atoms with E-state index in [1.165, 1.54) is 17.8 Å². The molecule has 34 heavy (non-hydrogen) atoms. The molecule has 1 aromatic heterocycles. The van der Waals surface area contributed by atoms with Gasteiger partial charge < -0.3 is 10.1 Å². The summed E-state index contributed by atoms with van der Waals surface area (Å²) in [5.74, 6) is 0.662. The third-order valence-corrected chi connectivity index (χ3v) is 5.39. The summed E-state index contributed by atoms with van der Waals surface area (Å²) in [4.78, 5) is 16.9. The molecule has 0 spiro atoms. The van der Waals surface area contributed by atoms with Gasteiger partial charge in [-0.3, -0.25) is 14.3 Å². The molecule has 0 bridgehead atoms. The zero-order valence-corrected chi connectivity index (χ0v) is 19.5. The topological polar surface area (TPSA) is 51.2 Å². The highest BCUT2D eigenvalue weighted by molar-refractivity contribution is 5.93. The van der Waals surface area contributed by atoms with Crippen molar-refractivity contribution in [2.24, 2.45) is 0 Å². The standard InChI is InChI=1S/C28H26FN3O2/c1-32(2,3)24-10-4-20(5-11-24)19-31-28(33)27-18-22(16-17-30-27)21-6-12-25(13-7-21)34-26-14-8-23(29)9-15-26/h4-18H,19H2,1-3H3/p+1. The van der Waals surface area contributed by atoms with Crippen LogP contribution in [0.15, 0.2) is 91.1 Å². The van der Waals surface area contributed by atoms with Gasteiger partial charge in [0.1, 0.15) is 28.7 Å². The summed E-state index contributed by atoms with van der Waals surface area (Å²) in [7, 11) is 6.34. The molecule has 4 rings (SSSR count). The Balaban J connectivity index is 1.40. The molecular weight excluding hydrogens is 429 g/mol. The Bertz CT molecular complexity index is 1260. The summed E-state index contributed by atoms with van der Waals surface area (Å²) in [6, 6.07) is 25.2. The average Bonchev–Trinajstić information content (AvgIpc) is 2.84. The number of halogens is 1. The lowest BCUT2D eigenvalue weighted by Crippen LogP contribution is -2.34. The Labute approximate surface area is 199 Å². The second-order valence-corrected chi connectivity index (χ2v) is 8.87. The van der Waals surface area contributed by atoms with E-state index >= 15 is 0 Å². The van der Waals surface area contributed by atoms with Gasteiger partial charge in [-0.1, -0.05) is 24.3 Å². The van der Waals surface area contributed by atoms with Crippen LogP contribution in [0.4, 0.5) is 10.1 Å².